The molecule has 62 valence electrons. The Bertz CT molecular complexity index is 172. The maximum Gasteiger partial charge on any atom is 0.310 e. The third kappa shape index (κ3) is 2.62. The van der Waals surface area contributed by atoms with Crippen LogP contribution in [-0.2, 0) is 14.3 Å². The van der Waals surface area contributed by atoms with Crippen LogP contribution >= 0.6 is 0 Å². The fourth-order valence-electron chi connectivity index (χ4n) is 0.847. The molecule has 1 heterocycles. The summed E-state index contributed by atoms with van der Waals surface area (Å²) < 4.78 is 9.85. The topological polar surface area (TPSA) is 35.5 Å². The molecule has 0 atom stereocenters. The quantitative estimate of drug-likeness (QED) is 0.582. The van der Waals surface area contributed by atoms with E-state index in [1.807, 2.05) is 6.92 Å². The summed E-state index contributed by atoms with van der Waals surface area (Å²) in [5.41, 5.74) is 0. The van der Waals surface area contributed by atoms with Crippen LogP contribution in [0.2, 0.25) is 0 Å². The Balaban J connectivity index is 2.24. The molecule has 0 saturated carbocycles. The van der Waals surface area contributed by atoms with Crippen molar-refractivity contribution < 1.29 is 14.3 Å². The Morgan fingerprint density at radius 2 is 2.64 bits per heavy atom. The monoisotopic (exact) mass is 156 g/mol. The number of hydrogen-bond donors (Lipinski definition) is 0. The van der Waals surface area contributed by atoms with E-state index in [0.717, 1.165) is 12.8 Å². The highest BCUT2D eigenvalue weighted by Crippen LogP contribution is 2.12. The Labute approximate surface area is 66.0 Å². The normalized spacial score (nSPS) is 15.5. The van der Waals surface area contributed by atoms with Gasteiger partial charge in [-0.3, -0.25) is 4.79 Å². The summed E-state index contributed by atoms with van der Waals surface area (Å²) in [7, 11) is 0. The predicted octanol–water partition coefficient (Wildman–Crippen LogP) is 1.59. The third-order valence-electron chi connectivity index (χ3n) is 1.38. The SMILES string of the molecule is CCCC(=O)OC1=COCC1. The van der Waals surface area contributed by atoms with Gasteiger partial charge >= 0.3 is 5.97 Å². The minimum atomic E-state index is -0.163. The highest BCUT2D eigenvalue weighted by Gasteiger charge is 2.10. The van der Waals surface area contributed by atoms with Crippen molar-refractivity contribution in [2.45, 2.75) is 26.2 Å². The second-order valence-electron chi connectivity index (χ2n) is 2.43. The fraction of sp³-hybridized carbons (Fsp3) is 0.625. The van der Waals surface area contributed by atoms with Gasteiger partial charge in [-0.05, 0) is 6.42 Å². The van der Waals surface area contributed by atoms with E-state index in [9.17, 15) is 4.79 Å². The first kappa shape index (κ1) is 8.11. The van der Waals surface area contributed by atoms with Crippen molar-refractivity contribution in [2.75, 3.05) is 6.61 Å². The number of carbonyl (C=O) groups is 1. The average molecular weight is 156 g/mol. The maximum absolute atomic E-state index is 10.9. The largest absolute Gasteiger partial charge is 0.497 e. The summed E-state index contributed by atoms with van der Waals surface area (Å²) in [5, 5.41) is 0. The zero-order chi connectivity index (χ0) is 8.10. The molecule has 3 nitrogen and oxygen atoms in total. The van der Waals surface area contributed by atoms with Gasteiger partial charge in [0.1, 0.15) is 12.0 Å². The lowest BCUT2D eigenvalue weighted by Crippen LogP contribution is -2.02. The first-order chi connectivity index (χ1) is 5.33. The van der Waals surface area contributed by atoms with Crippen molar-refractivity contribution in [2.24, 2.45) is 0 Å². The lowest BCUT2D eigenvalue weighted by molar-refractivity contribution is -0.139. The lowest BCUT2D eigenvalue weighted by atomic mass is 10.3. The van der Waals surface area contributed by atoms with Gasteiger partial charge in [0.25, 0.3) is 0 Å². The van der Waals surface area contributed by atoms with E-state index in [1.165, 1.54) is 6.26 Å². The molecular weight excluding hydrogens is 144 g/mol. The van der Waals surface area contributed by atoms with Gasteiger partial charge < -0.3 is 9.47 Å². The van der Waals surface area contributed by atoms with Crippen LogP contribution in [0.15, 0.2) is 12.0 Å². The van der Waals surface area contributed by atoms with Crippen LogP contribution in [0.4, 0.5) is 0 Å². The van der Waals surface area contributed by atoms with Crippen LogP contribution in [0, 0.1) is 0 Å². The summed E-state index contributed by atoms with van der Waals surface area (Å²) in [6, 6.07) is 0. The molecule has 1 aliphatic rings. The molecule has 0 saturated heterocycles. The average Bonchev–Trinajstić information content (AvgIpc) is 2.40. The summed E-state index contributed by atoms with van der Waals surface area (Å²) >= 11 is 0. The highest BCUT2D eigenvalue weighted by molar-refractivity contribution is 5.70. The van der Waals surface area contributed by atoms with Crippen LogP contribution < -0.4 is 0 Å². The Kier molecular flexibility index (Phi) is 2.95. The fourth-order valence-corrected chi connectivity index (χ4v) is 0.847. The summed E-state index contributed by atoms with van der Waals surface area (Å²) in [6.45, 7) is 2.58. The van der Waals surface area contributed by atoms with E-state index >= 15 is 0 Å². The van der Waals surface area contributed by atoms with E-state index in [2.05, 4.69) is 0 Å². The molecule has 0 radical (unpaired) electrons. The number of ether oxygens (including phenoxy) is 2. The second kappa shape index (κ2) is 4.01. The molecule has 0 aromatic carbocycles. The van der Waals surface area contributed by atoms with E-state index in [0.29, 0.717) is 18.8 Å². The number of esters is 1. The molecule has 0 aliphatic carbocycles. The molecule has 1 rings (SSSR count). The minimum Gasteiger partial charge on any atom is -0.497 e. The molecule has 0 N–H and O–H groups in total. The molecular formula is C8H12O3. The van der Waals surface area contributed by atoms with E-state index in [-0.39, 0.29) is 5.97 Å². The minimum absolute atomic E-state index is 0.163. The molecule has 0 spiro atoms. The third-order valence-corrected chi connectivity index (χ3v) is 1.38. The van der Waals surface area contributed by atoms with Crippen molar-refractivity contribution >= 4 is 5.97 Å². The molecule has 0 bridgehead atoms. The highest BCUT2D eigenvalue weighted by atomic mass is 16.6. The number of hydrogen-bond acceptors (Lipinski definition) is 3. The summed E-state index contributed by atoms with van der Waals surface area (Å²) in [6.07, 6.45) is 3.54. The smallest absolute Gasteiger partial charge is 0.310 e. The van der Waals surface area contributed by atoms with E-state index < -0.39 is 0 Å². The molecule has 1 aliphatic heterocycles. The standard InChI is InChI=1S/C8H12O3/c1-2-3-8(9)11-7-4-5-10-6-7/h6H,2-5H2,1H3. The van der Waals surface area contributed by atoms with Gasteiger partial charge in [0.05, 0.1) is 6.61 Å². The van der Waals surface area contributed by atoms with Gasteiger partial charge in [-0.2, -0.15) is 0 Å². The molecule has 11 heavy (non-hydrogen) atoms. The van der Waals surface area contributed by atoms with Crippen LogP contribution in [-0.4, -0.2) is 12.6 Å². The summed E-state index contributed by atoms with van der Waals surface area (Å²) in [4.78, 5) is 10.9. The second-order valence-corrected chi connectivity index (χ2v) is 2.43. The van der Waals surface area contributed by atoms with Crippen LogP contribution in [0.1, 0.15) is 26.2 Å². The molecule has 0 aromatic heterocycles. The van der Waals surface area contributed by atoms with E-state index in [4.69, 9.17) is 9.47 Å². The molecule has 0 amide bonds. The summed E-state index contributed by atoms with van der Waals surface area (Å²) in [5.74, 6) is 0.493. The van der Waals surface area contributed by atoms with Gasteiger partial charge in [0.2, 0.25) is 0 Å². The maximum atomic E-state index is 10.9. The number of carbonyl (C=O) groups excluding carboxylic acids is 1. The molecule has 3 heteroatoms. The van der Waals surface area contributed by atoms with Crippen LogP contribution in [0.25, 0.3) is 0 Å². The van der Waals surface area contributed by atoms with E-state index in [1.54, 1.807) is 0 Å². The van der Waals surface area contributed by atoms with Gasteiger partial charge in [-0.1, -0.05) is 6.92 Å². The van der Waals surface area contributed by atoms with Gasteiger partial charge in [0, 0.05) is 12.8 Å². The molecule has 0 unspecified atom stereocenters. The van der Waals surface area contributed by atoms with Gasteiger partial charge in [-0.15, -0.1) is 0 Å². The molecule has 0 fully saturated rings. The van der Waals surface area contributed by atoms with Gasteiger partial charge in [0.15, 0.2) is 0 Å². The molecule has 0 aromatic rings. The van der Waals surface area contributed by atoms with Crippen molar-refractivity contribution in [3.05, 3.63) is 12.0 Å². The Morgan fingerprint density at radius 1 is 1.82 bits per heavy atom. The van der Waals surface area contributed by atoms with Crippen molar-refractivity contribution in [3.8, 4) is 0 Å². The number of rotatable bonds is 3. The van der Waals surface area contributed by atoms with Crippen molar-refractivity contribution in [3.63, 3.8) is 0 Å². The zero-order valence-corrected chi connectivity index (χ0v) is 6.63. The predicted molar refractivity (Wildman–Crippen MR) is 39.7 cm³/mol. The first-order valence-electron chi connectivity index (χ1n) is 3.84. The first-order valence-corrected chi connectivity index (χ1v) is 3.84. The van der Waals surface area contributed by atoms with Gasteiger partial charge in [-0.25, -0.2) is 0 Å². The van der Waals surface area contributed by atoms with Crippen LogP contribution in [0.5, 0.6) is 0 Å². The van der Waals surface area contributed by atoms with Crippen molar-refractivity contribution in [1.82, 2.24) is 0 Å². The lowest BCUT2D eigenvalue weighted by Gasteiger charge is -2.00. The Hall–Kier alpha value is -0.990. The Morgan fingerprint density at radius 3 is 3.18 bits per heavy atom. The van der Waals surface area contributed by atoms with Crippen molar-refractivity contribution in [1.29, 1.82) is 0 Å². The van der Waals surface area contributed by atoms with Crippen LogP contribution in [0.3, 0.4) is 0 Å². The zero-order valence-electron chi connectivity index (χ0n) is 6.63.